The van der Waals surface area contributed by atoms with Crippen LogP contribution < -0.4 is 4.57 Å². The molecular formula is C35H69N2+. The third-order valence-corrected chi connectivity index (χ3v) is 8.35. The van der Waals surface area contributed by atoms with Gasteiger partial charge in [-0.05, 0) is 32.1 Å². The summed E-state index contributed by atoms with van der Waals surface area (Å²) < 4.78 is 5.24. The van der Waals surface area contributed by atoms with Crippen molar-refractivity contribution in [2.24, 2.45) is 0 Å². The summed E-state index contributed by atoms with van der Waals surface area (Å²) in [5.41, 5.74) is 0. The molecule has 1 aromatic rings. The molecule has 0 aliphatic heterocycles. The molecule has 1 heterocycles. The Bertz CT molecular complexity index is 538. The standard InChI is InChI=1S/C35H69N2/c1-4-7-10-13-16-19-20-21-24-27-30-35-36(31-28-25-22-17-14-11-8-5-2)33-34-37(35)32-29-26-23-18-15-12-9-6-3/h33-34H,4-32H2,1-3H3/q+1. The molecule has 0 fully saturated rings. The van der Waals surface area contributed by atoms with Crippen molar-refractivity contribution in [1.82, 2.24) is 4.57 Å². The largest absolute Gasteiger partial charge is 0.256 e. The van der Waals surface area contributed by atoms with Gasteiger partial charge in [0.1, 0.15) is 12.4 Å². The molecule has 2 nitrogen and oxygen atoms in total. The summed E-state index contributed by atoms with van der Waals surface area (Å²) in [6, 6.07) is 0. The number of imidazole rings is 1. The van der Waals surface area contributed by atoms with Gasteiger partial charge < -0.3 is 0 Å². The number of aryl methyl sites for hydroxylation is 2. The molecule has 0 saturated heterocycles. The van der Waals surface area contributed by atoms with Gasteiger partial charge in [0.05, 0.1) is 13.1 Å². The van der Waals surface area contributed by atoms with E-state index in [4.69, 9.17) is 0 Å². The summed E-state index contributed by atoms with van der Waals surface area (Å²) in [6.45, 7) is 9.39. The predicted molar refractivity (Wildman–Crippen MR) is 165 cm³/mol. The summed E-state index contributed by atoms with van der Waals surface area (Å²) in [4.78, 5) is 0. The molecule has 1 rings (SSSR count). The van der Waals surface area contributed by atoms with Crippen LogP contribution in [0.3, 0.4) is 0 Å². The van der Waals surface area contributed by atoms with Crippen LogP contribution in [0.4, 0.5) is 0 Å². The van der Waals surface area contributed by atoms with Crippen LogP contribution in [-0.2, 0) is 19.5 Å². The Kier molecular flexibility index (Phi) is 24.8. The van der Waals surface area contributed by atoms with Crippen molar-refractivity contribution in [3.05, 3.63) is 18.2 Å². The first-order chi connectivity index (χ1) is 18.3. The number of hydrogen-bond donors (Lipinski definition) is 0. The van der Waals surface area contributed by atoms with E-state index < -0.39 is 0 Å². The zero-order chi connectivity index (χ0) is 26.7. The van der Waals surface area contributed by atoms with Gasteiger partial charge in [-0.2, -0.15) is 0 Å². The Morgan fingerprint density at radius 1 is 0.459 bits per heavy atom. The molecule has 1 aromatic heterocycles. The van der Waals surface area contributed by atoms with E-state index in [1.165, 1.54) is 186 Å². The first-order valence-electron chi connectivity index (χ1n) is 17.4. The monoisotopic (exact) mass is 518 g/mol. The maximum absolute atomic E-state index is 2.62. The summed E-state index contributed by atoms with van der Waals surface area (Å²) in [5.74, 6) is 1.62. The lowest BCUT2D eigenvalue weighted by Gasteiger charge is -2.07. The smallest absolute Gasteiger partial charge is 0.234 e. The molecule has 0 aliphatic carbocycles. The van der Waals surface area contributed by atoms with Crippen molar-refractivity contribution in [3.8, 4) is 0 Å². The quantitative estimate of drug-likeness (QED) is 0.0737. The molecule has 37 heavy (non-hydrogen) atoms. The summed E-state index contributed by atoms with van der Waals surface area (Å²) in [6.07, 6.45) is 42.9. The average molecular weight is 518 g/mol. The Balaban J connectivity index is 2.35. The topological polar surface area (TPSA) is 8.81 Å². The van der Waals surface area contributed by atoms with Crippen LogP contribution in [0.2, 0.25) is 0 Å². The molecule has 0 radical (unpaired) electrons. The van der Waals surface area contributed by atoms with Crippen molar-refractivity contribution < 1.29 is 4.57 Å². The molecule has 0 unspecified atom stereocenters. The van der Waals surface area contributed by atoms with Crippen molar-refractivity contribution in [2.75, 3.05) is 0 Å². The van der Waals surface area contributed by atoms with Gasteiger partial charge in [0, 0.05) is 6.42 Å². The molecule has 0 atom stereocenters. The van der Waals surface area contributed by atoms with Crippen LogP contribution in [-0.4, -0.2) is 4.57 Å². The third-order valence-electron chi connectivity index (χ3n) is 8.35. The maximum atomic E-state index is 2.62. The summed E-state index contributed by atoms with van der Waals surface area (Å²) >= 11 is 0. The van der Waals surface area contributed by atoms with Crippen molar-refractivity contribution in [1.29, 1.82) is 0 Å². The Morgan fingerprint density at radius 2 is 0.838 bits per heavy atom. The fourth-order valence-electron chi connectivity index (χ4n) is 5.80. The van der Waals surface area contributed by atoms with Crippen molar-refractivity contribution in [3.63, 3.8) is 0 Å². The highest BCUT2D eigenvalue weighted by molar-refractivity contribution is 4.84. The van der Waals surface area contributed by atoms with Crippen LogP contribution >= 0.6 is 0 Å². The molecule has 2 heteroatoms. The minimum Gasteiger partial charge on any atom is -0.234 e. The van der Waals surface area contributed by atoms with Gasteiger partial charge in [-0.3, -0.25) is 0 Å². The Morgan fingerprint density at radius 3 is 1.30 bits per heavy atom. The first-order valence-corrected chi connectivity index (χ1v) is 17.4. The summed E-state index contributed by atoms with van der Waals surface area (Å²) in [7, 11) is 0. The average Bonchev–Trinajstić information content (AvgIpc) is 3.29. The second kappa shape index (κ2) is 26.8. The molecule has 218 valence electrons. The lowest BCUT2D eigenvalue weighted by molar-refractivity contribution is -0.704. The molecule has 0 spiro atoms. The van der Waals surface area contributed by atoms with E-state index >= 15 is 0 Å². The van der Waals surface area contributed by atoms with Crippen LogP contribution in [0.15, 0.2) is 12.4 Å². The predicted octanol–water partition coefficient (Wildman–Crippen LogP) is 11.5. The molecule has 0 N–H and O–H groups in total. The third kappa shape index (κ3) is 19.9. The van der Waals surface area contributed by atoms with Gasteiger partial charge in [0.2, 0.25) is 0 Å². The highest BCUT2D eigenvalue weighted by atomic mass is 15.1. The second-order valence-electron chi connectivity index (χ2n) is 12.0. The Hall–Kier alpha value is -0.790. The number of aromatic nitrogens is 2. The van der Waals surface area contributed by atoms with Gasteiger partial charge in [0.15, 0.2) is 0 Å². The minimum atomic E-state index is 1.23. The zero-order valence-electron chi connectivity index (χ0n) is 26.1. The molecule has 0 amide bonds. The minimum absolute atomic E-state index is 1.23. The number of rotatable bonds is 29. The number of nitrogens with zero attached hydrogens (tertiary/aromatic N) is 2. The maximum Gasteiger partial charge on any atom is 0.256 e. The van der Waals surface area contributed by atoms with E-state index in [1.54, 1.807) is 5.82 Å². The number of unbranched alkanes of at least 4 members (excludes halogenated alkanes) is 23. The van der Waals surface area contributed by atoms with E-state index in [2.05, 4.69) is 42.3 Å². The molecule has 0 aromatic carbocycles. The van der Waals surface area contributed by atoms with E-state index in [-0.39, 0.29) is 0 Å². The fourth-order valence-corrected chi connectivity index (χ4v) is 5.80. The van der Waals surface area contributed by atoms with Crippen LogP contribution in [0.1, 0.15) is 194 Å². The van der Waals surface area contributed by atoms with E-state index in [0.29, 0.717) is 0 Å². The molecule has 0 aliphatic rings. The van der Waals surface area contributed by atoms with E-state index in [1.807, 2.05) is 0 Å². The van der Waals surface area contributed by atoms with Crippen LogP contribution in [0.5, 0.6) is 0 Å². The van der Waals surface area contributed by atoms with Gasteiger partial charge >= 0.3 is 0 Å². The van der Waals surface area contributed by atoms with E-state index in [9.17, 15) is 0 Å². The highest BCUT2D eigenvalue weighted by Gasteiger charge is 2.16. The molecule has 0 bridgehead atoms. The van der Waals surface area contributed by atoms with Crippen molar-refractivity contribution >= 4 is 0 Å². The lowest BCUT2D eigenvalue weighted by atomic mass is 10.1. The SMILES string of the molecule is CCCCCCCCCCCCc1n(CCCCCCCCCC)cc[n+]1CCCCCCCCCC. The first kappa shape index (κ1) is 34.2. The van der Waals surface area contributed by atoms with Gasteiger partial charge in [-0.15, -0.1) is 0 Å². The summed E-state index contributed by atoms with van der Waals surface area (Å²) in [5, 5.41) is 0. The Labute approximate surface area is 234 Å². The second-order valence-corrected chi connectivity index (χ2v) is 12.0. The van der Waals surface area contributed by atoms with Gasteiger partial charge in [-0.1, -0.05) is 156 Å². The number of hydrogen-bond acceptors (Lipinski definition) is 0. The van der Waals surface area contributed by atoms with Gasteiger partial charge in [-0.25, -0.2) is 9.13 Å². The fraction of sp³-hybridized carbons (Fsp3) is 0.914. The van der Waals surface area contributed by atoms with Crippen LogP contribution in [0.25, 0.3) is 0 Å². The molecular weight excluding hydrogens is 448 g/mol. The van der Waals surface area contributed by atoms with Crippen molar-refractivity contribution in [2.45, 2.75) is 207 Å². The normalized spacial score (nSPS) is 11.5. The van der Waals surface area contributed by atoms with E-state index in [0.717, 1.165) is 0 Å². The highest BCUT2D eigenvalue weighted by Crippen LogP contribution is 2.14. The van der Waals surface area contributed by atoms with Crippen LogP contribution in [0, 0.1) is 0 Å². The zero-order valence-corrected chi connectivity index (χ0v) is 26.1. The van der Waals surface area contributed by atoms with Gasteiger partial charge in [0.25, 0.3) is 5.82 Å². The molecule has 0 saturated carbocycles. The lowest BCUT2D eigenvalue weighted by Crippen LogP contribution is -2.37.